The molecule has 20 nitrogen and oxygen atoms in total. The molecule has 0 aliphatic carbocycles. The van der Waals surface area contributed by atoms with E-state index in [2.05, 4.69) is 19.9 Å². The minimum absolute atomic E-state index is 0.112. The Morgan fingerprint density at radius 2 is 1.55 bits per heavy atom. The molecule has 0 saturated carbocycles. The normalized spacial score (nSPS) is 38.3. The van der Waals surface area contributed by atoms with Crippen LogP contribution >= 0.6 is 15.6 Å². The van der Waals surface area contributed by atoms with Crippen molar-refractivity contribution in [3.05, 3.63) is 47.3 Å². The summed E-state index contributed by atoms with van der Waals surface area (Å²) in [5.74, 6) is -0.271. The number of aliphatic hydroxyl groups excluding tert-OH is 2. The van der Waals surface area contributed by atoms with Crippen molar-refractivity contribution in [1.82, 2.24) is 29.1 Å². The molecule has 22 heteroatoms. The zero-order chi connectivity index (χ0) is 31.0. The number of para-hydroxylation sites is 2. The van der Waals surface area contributed by atoms with Gasteiger partial charge < -0.3 is 39.8 Å². The summed E-state index contributed by atoms with van der Waals surface area (Å²) < 4.78 is 61.4. The number of phosphoric acid groups is 2. The molecule has 0 spiro atoms. The summed E-state index contributed by atoms with van der Waals surface area (Å²) in [6.45, 7) is -1.56. The first-order chi connectivity index (χ1) is 20.9. The molecule has 4 aromatic rings. The third kappa shape index (κ3) is 5.18. The maximum atomic E-state index is 13.2. The monoisotopic (exact) mass is 657 g/mol. The lowest BCUT2D eigenvalue weighted by atomic mass is 10.1. The summed E-state index contributed by atoms with van der Waals surface area (Å²) >= 11 is 0. The number of nitrogens with one attached hydrogen (secondary N) is 1. The van der Waals surface area contributed by atoms with Crippen molar-refractivity contribution in [3.8, 4) is 0 Å². The molecule has 236 valence electrons. The van der Waals surface area contributed by atoms with Crippen molar-refractivity contribution in [2.45, 2.75) is 49.1 Å². The van der Waals surface area contributed by atoms with Gasteiger partial charge in [-0.3, -0.25) is 32.4 Å². The van der Waals surface area contributed by atoms with Crippen LogP contribution < -0.4 is 11.3 Å². The number of aliphatic hydroxyl groups is 2. The molecule has 3 fully saturated rings. The quantitative estimate of drug-likeness (QED) is 0.145. The Morgan fingerprint density at radius 3 is 2.32 bits per heavy atom. The van der Waals surface area contributed by atoms with Crippen LogP contribution in [-0.2, 0) is 36.7 Å². The number of phosphoric ester groups is 2. The van der Waals surface area contributed by atoms with Gasteiger partial charge in [-0.2, -0.15) is 4.98 Å². The molecule has 44 heavy (non-hydrogen) atoms. The van der Waals surface area contributed by atoms with Crippen LogP contribution in [0.25, 0.3) is 22.2 Å². The van der Waals surface area contributed by atoms with Gasteiger partial charge in [0.05, 0.1) is 36.9 Å². The maximum Gasteiger partial charge on any atom is 0.472 e. The zero-order valence-electron chi connectivity index (χ0n) is 22.2. The maximum absolute atomic E-state index is 13.2. The van der Waals surface area contributed by atoms with Crippen molar-refractivity contribution in [2.24, 2.45) is 0 Å². The van der Waals surface area contributed by atoms with Crippen LogP contribution in [0, 0.1) is 0 Å². The Labute approximate surface area is 245 Å². The number of nitrogen functional groups attached to an aromatic ring is 1. The predicted molar refractivity (Wildman–Crippen MR) is 143 cm³/mol. The van der Waals surface area contributed by atoms with Gasteiger partial charge in [0, 0.05) is 0 Å². The fourth-order valence-electron chi connectivity index (χ4n) is 5.42. The molecular weight excluding hydrogens is 632 g/mol. The predicted octanol–water partition coefficient (Wildman–Crippen LogP) is -0.714. The SMILES string of the molecule is Nc1nc2c(ncn2C2OC3COP(=O)(O)OC4C(COP(=O)(O)OC2C3O)OC(n2cnc3ccccc32)C4O)c(=O)[nH]1. The molecule has 3 saturated heterocycles. The van der Waals surface area contributed by atoms with Gasteiger partial charge in [0.15, 0.2) is 23.6 Å². The number of hydrogen-bond donors (Lipinski definition) is 6. The van der Waals surface area contributed by atoms with Gasteiger partial charge in [0.2, 0.25) is 5.95 Å². The number of H-pyrrole nitrogens is 1. The molecule has 1 aromatic carbocycles. The Hall–Kier alpha value is -3.10. The summed E-state index contributed by atoms with van der Waals surface area (Å²) in [7, 11) is -10.1. The Morgan fingerprint density at radius 1 is 0.886 bits per heavy atom. The number of nitrogens with two attached hydrogens (primary N) is 1. The van der Waals surface area contributed by atoms with E-state index in [4.69, 9.17) is 33.3 Å². The molecule has 3 aliphatic rings. The molecule has 7 rings (SSSR count). The number of fused-ring (bicyclic) bond motifs is 5. The summed E-state index contributed by atoms with van der Waals surface area (Å²) in [6, 6.07) is 6.93. The van der Waals surface area contributed by atoms with E-state index < -0.39 is 83.5 Å². The van der Waals surface area contributed by atoms with Crippen LogP contribution in [0.2, 0.25) is 0 Å². The lowest BCUT2D eigenvalue weighted by Crippen LogP contribution is -2.36. The first-order valence-corrected chi connectivity index (χ1v) is 16.0. The van der Waals surface area contributed by atoms with E-state index in [9.17, 15) is 33.9 Å². The second kappa shape index (κ2) is 10.8. The van der Waals surface area contributed by atoms with E-state index in [0.717, 1.165) is 10.9 Å². The van der Waals surface area contributed by atoms with Gasteiger partial charge >= 0.3 is 15.6 Å². The molecule has 10 unspecified atom stereocenters. The number of aromatic amines is 1. The minimum Gasteiger partial charge on any atom is -0.387 e. The second-order valence-electron chi connectivity index (χ2n) is 10.2. The van der Waals surface area contributed by atoms with Crippen LogP contribution in [0.15, 0.2) is 41.7 Å². The largest absolute Gasteiger partial charge is 0.472 e. The van der Waals surface area contributed by atoms with Crippen molar-refractivity contribution in [1.29, 1.82) is 0 Å². The van der Waals surface area contributed by atoms with Crippen LogP contribution in [0.1, 0.15) is 12.5 Å². The summed E-state index contributed by atoms with van der Waals surface area (Å²) in [4.78, 5) is 48.0. The highest BCUT2D eigenvalue weighted by molar-refractivity contribution is 7.47. The Bertz CT molecular complexity index is 1880. The number of rotatable bonds is 2. The molecule has 7 N–H and O–H groups in total. The van der Waals surface area contributed by atoms with E-state index in [-0.39, 0.29) is 17.1 Å². The van der Waals surface area contributed by atoms with Crippen LogP contribution in [0.5, 0.6) is 0 Å². The molecule has 6 heterocycles. The fourth-order valence-corrected chi connectivity index (χ4v) is 7.32. The third-order valence-electron chi connectivity index (χ3n) is 7.42. The Balaban J connectivity index is 1.21. The highest BCUT2D eigenvalue weighted by atomic mass is 31.2. The molecule has 10 atom stereocenters. The van der Waals surface area contributed by atoms with E-state index in [1.165, 1.54) is 10.9 Å². The van der Waals surface area contributed by atoms with Crippen molar-refractivity contribution < 1.29 is 56.7 Å². The number of aromatic nitrogens is 6. The van der Waals surface area contributed by atoms with E-state index in [1.807, 2.05) is 0 Å². The molecule has 0 radical (unpaired) electrons. The number of hydrogen-bond acceptors (Lipinski definition) is 15. The molecule has 3 aliphatic heterocycles. The molecule has 3 aromatic heterocycles. The lowest BCUT2D eigenvalue weighted by molar-refractivity contribution is -0.0671. The lowest BCUT2D eigenvalue weighted by Gasteiger charge is -2.25. The van der Waals surface area contributed by atoms with Crippen molar-refractivity contribution in [2.75, 3.05) is 18.9 Å². The third-order valence-corrected chi connectivity index (χ3v) is 9.39. The number of ether oxygens (including phenoxy) is 2. The first kappa shape index (κ1) is 29.6. The first-order valence-electron chi connectivity index (χ1n) is 13.0. The van der Waals surface area contributed by atoms with Crippen molar-refractivity contribution in [3.63, 3.8) is 0 Å². The van der Waals surface area contributed by atoms with Gasteiger partial charge in [0.1, 0.15) is 36.6 Å². The average Bonchev–Trinajstić information content (AvgIpc) is 3.72. The number of benzene rings is 1. The Kier molecular flexibility index (Phi) is 7.24. The second-order valence-corrected chi connectivity index (χ2v) is 13.0. The number of anilines is 1. The number of imidazole rings is 2. The average molecular weight is 657 g/mol. The standard InChI is InChI=1S/C22H25N7O13P2/c23-22-26-18-13(19(32)27-22)25-8-29(18)21-17-14(30)11(39-21)5-37-43(33,34)41-16-12(6-38-44(35,36)42-17)40-20(15(16)31)28-7-24-9-3-1-2-4-10(9)28/h1-4,7-8,11-12,14-17,20-21,30-31H,5-6H2,(H,33,34)(H,35,36)(H3,23,26,27,32). The van der Waals surface area contributed by atoms with Crippen LogP contribution in [0.4, 0.5) is 5.95 Å². The van der Waals surface area contributed by atoms with Gasteiger partial charge in [0.25, 0.3) is 5.56 Å². The molecule has 2 bridgehead atoms. The summed E-state index contributed by atoms with van der Waals surface area (Å²) in [6.07, 6.45) is -9.66. The fraction of sp³-hybridized carbons (Fsp3) is 0.455. The number of nitrogens with zero attached hydrogens (tertiary/aromatic N) is 5. The molecular formula is C22H25N7O13P2. The van der Waals surface area contributed by atoms with Crippen LogP contribution in [-0.4, -0.2) is 98.9 Å². The highest BCUT2D eigenvalue weighted by Crippen LogP contribution is 2.53. The minimum atomic E-state index is -5.07. The van der Waals surface area contributed by atoms with Crippen LogP contribution in [0.3, 0.4) is 0 Å². The van der Waals surface area contributed by atoms with E-state index in [1.54, 1.807) is 24.3 Å². The topological polar surface area (TPSA) is 278 Å². The van der Waals surface area contributed by atoms with Gasteiger partial charge in [-0.1, -0.05) is 12.1 Å². The van der Waals surface area contributed by atoms with Gasteiger partial charge in [-0.15, -0.1) is 0 Å². The van der Waals surface area contributed by atoms with Gasteiger partial charge in [-0.25, -0.2) is 19.1 Å². The summed E-state index contributed by atoms with van der Waals surface area (Å²) in [5, 5.41) is 22.1. The smallest absolute Gasteiger partial charge is 0.387 e. The van der Waals surface area contributed by atoms with E-state index >= 15 is 0 Å². The zero-order valence-corrected chi connectivity index (χ0v) is 24.0. The van der Waals surface area contributed by atoms with Crippen molar-refractivity contribution >= 4 is 43.8 Å². The van der Waals surface area contributed by atoms with E-state index in [0.29, 0.717) is 11.0 Å². The van der Waals surface area contributed by atoms with Gasteiger partial charge in [-0.05, 0) is 12.1 Å². The highest BCUT2D eigenvalue weighted by Gasteiger charge is 2.53. The summed E-state index contributed by atoms with van der Waals surface area (Å²) in [5.41, 5.74) is 5.83. The molecule has 0 amide bonds.